The molecule has 0 saturated carbocycles. The summed E-state index contributed by atoms with van der Waals surface area (Å²) in [5.74, 6) is -0.906. The van der Waals surface area contributed by atoms with Gasteiger partial charge < -0.3 is 14.2 Å². The Hall–Kier alpha value is -2.63. The molecule has 0 aromatic rings. The summed E-state index contributed by atoms with van der Waals surface area (Å²) in [6, 6.07) is 0. The van der Waals surface area contributed by atoms with Gasteiger partial charge in [0.25, 0.3) is 0 Å². The molecule has 6 heteroatoms. The maximum absolute atomic E-state index is 12.7. The molecule has 0 saturated heterocycles. The zero-order valence-corrected chi connectivity index (χ0v) is 36.2. The molecule has 0 aliphatic carbocycles. The summed E-state index contributed by atoms with van der Waals surface area (Å²) in [5, 5.41) is 0. The topological polar surface area (TPSA) is 78.9 Å². The van der Waals surface area contributed by atoms with Gasteiger partial charge in [-0.15, -0.1) is 0 Å². The standard InChI is InChI=1S/C49H86O6/c1-4-7-10-13-16-19-21-23-24-25-26-27-29-30-33-36-39-42-48(51)54-45-46(44-53-47(50)41-38-35-32-18-15-12-9-6-3)55-49(52)43-40-37-34-31-28-22-20-17-14-11-8-5-2/h7,10,16,19,23-24,26-27,46H,4-6,8-9,11-15,17-18,20-22,25,28-45H2,1-3H3/b10-7-,19-16-,24-23-,27-26-. The van der Waals surface area contributed by atoms with Gasteiger partial charge in [-0.05, 0) is 57.8 Å². The molecule has 6 nitrogen and oxygen atoms in total. The molecule has 0 spiro atoms. The Labute approximate surface area is 339 Å². The van der Waals surface area contributed by atoms with Gasteiger partial charge in [0.05, 0.1) is 0 Å². The van der Waals surface area contributed by atoms with Crippen molar-refractivity contribution >= 4 is 17.9 Å². The SMILES string of the molecule is CC/C=C\C/C=C\C/C=C\C/C=C\CCCCCCC(=O)OCC(COC(=O)CCCCCCCCCC)OC(=O)CCCCCCCCCCCCCC. The summed E-state index contributed by atoms with van der Waals surface area (Å²) in [5.41, 5.74) is 0. The smallest absolute Gasteiger partial charge is 0.306 e. The molecule has 0 N–H and O–H groups in total. The lowest BCUT2D eigenvalue weighted by Crippen LogP contribution is -2.30. The molecule has 0 aromatic carbocycles. The fraction of sp³-hybridized carbons (Fsp3) is 0.776. The van der Waals surface area contributed by atoms with Crippen molar-refractivity contribution < 1.29 is 28.6 Å². The number of allylic oxidation sites excluding steroid dienone is 8. The highest BCUT2D eigenvalue weighted by Gasteiger charge is 2.19. The van der Waals surface area contributed by atoms with Gasteiger partial charge >= 0.3 is 17.9 Å². The summed E-state index contributed by atoms with van der Waals surface area (Å²) in [6.45, 7) is 6.46. The molecule has 0 radical (unpaired) electrons. The Morgan fingerprint density at radius 2 is 0.709 bits per heavy atom. The molecule has 0 aliphatic rings. The van der Waals surface area contributed by atoms with Crippen molar-refractivity contribution in [2.45, 2.75) is 232 Å². The highest BCUT2D eigenvalue weighted by molar-refractivity contribution is 5.71. The molecule has 0 rings (SSSR count). The van der Waals surface area contributed by atoms with E-state index >= 15 is 0 Å². The van der Waals surface area contributed by atoms with Crippen molar-refractivity contribution in [2.24, 2.45) is 0 Å². The third kappa shape index (κ3) is 42.4. The summed E-state index contributed by atoms with van der Waals surface area (Å²) in [7, 11) is 0. The lowest BCUT2D eigenvalue weighted by atomic mass is 10.0. The van der Waals surface area contributed by atoms with Crippen molar-refractivity contribution in [3.63, 3.8) is 0 Å². The number of carbonyl (C=O) groups excluding carboxylic acids is 3. The largest absolute Gasteiger partial charge is 0.462 e. The highest BCUT2D eigenvalue weighted by Crippen LogP contribution is 2.14. The average molecular weight is 771 g/mol. The normalized spacial score (nSPS) is 12.4. The molecule has 0 aliphatic heterocycles. The molecular formula is C49H86O6. The Bertz CT molecular complexity index is 980. The molecule has 0 fully saturated rings. The van der Waals surface area contributed by atoms with Gasteiger partial charge in [0.1, 0.15) is 13.2 Å². The number of carbonyl (C=O) groups is 3. The molecular weight excluding hydrogens is 685 g/mol. The maximum atomic E-state index is 12.7. The van der Waals surface area contributed by atoms with Gasteiger partial charge in [0.15, 0.2) is 6.10 Å². The average Bonchev–Trinajstić information content (AvgIpc) is 3.18. The zero-order chi connectivity index (χ0) is 40.1. The van der Waals surface area contributed by atoms with Crippen LogP contribution in [-0.2, 0) is 28.6 Å². The van der Waals surface area contributed by atoms with Crippen LogP contribution in [0.1, 0.15) is 226 Å². The Balaban J connectivity index is 4.35. The molecule has 0 heterocycles. The first-order valence-electron chi connectivity index (χ1n) is 23.1. The predicted octanol–water partition coefficient (Wildman–Crippen LogP) is 14.8. The second kappa shape index (κ2) is 44.1. The molecule has 0 bridgehead atoms. The number of hydrogen-bond acceptors (Lipinski definition) is 6. The van der Waals surface area contributed by atoms with Crippen LogP contribution in [0, 0.1) is 0 Å². The maximum Gasteiger partial charge on any atom is 0.306 e. The van der Waals surface area contributed by atoms with Crippen LogP contribution in [0.4, 0.5) is 0 Å². The minimum absolute atomic E-state index is 0.0788. The van der Waals surface area contributed by atoms with Gasteiger partial charge in [0, 0.05) is 19.3 Å². The molecule has 55 heavy (non-hydrogen) atoms. The lowest BCUT2D eigenvalue weighted by Gasteiger charge is -2.18. The number of esters is 3. The van der Waals surface area contributed by atoms with Crippen LogP contribution in [0.5, 0.6) is 0 Å². The van der Waals surface area contributed by atoms with Gasteiger partial charge in [-0.25, -0.2) is 0 Å². The van der Waals surface area contributed by atoms with E-state index in [1.807, 2.05) is 0 Å². The van der Waals surface area contributed by atoms with E-state index in [1.165, 1.54) is 89.9 Å². The molecule has 1 unspecified atom stereocenters. The van der Waals surface area contributed by atoms with Crippen molar-refractivity contribution in [1.82, 2.24) is 0 Å². The van der Waals surface area contributed by atoms with E-state index in [0.29, 0.717) is 19.3 Å². The molecule has 0 amide bonds. The third-order valence-electron chi connectivity index (χ3n) is 9.85. The molecule has 318 valence electrons. The number of ether oxygens (including phenoxy) is 3. The van der Waals surface area contributed by atoms with Crippen molar-refractivity contribution in [3.05, 3.63) is 48.6 Å². The van der Waals surface area contributed by atoms with Crippen LogP contribution >= 0.6 is 0 Å². The van der Waals surface area contributed by atoms with Gasteiger partial charge in [0.2, 0.25) is 0 Å². The van der Waals surface area contributed by atoms with E-state index in [-0.39, 0.29) is 31.1 Å². The fourth-order valence-electron chi connectivity index (χ4n) is 6.37. The van der Waals surface area contributed by atoms with Crippen LogP contribution in [0.25, 0.3) is 0 Å². The van der Waals surface area contributed by atoms with Crippen LogP contribution in [0.3, 0.4) is 0 Å². The summed E-state index contributed by atoms with van der Waals surface area (Å²) in [6.07, 6.45) is 51.0. The van der Waals surface area contributed by atoms with Crippen LogP contribution in [0.2, 0.25) is 0 Å². The Morgan fingerprint density at radius 1 is 0.382 bits per heavy atom. The van der Waals surface area contributed by atoms with Gasteiger partial charge in [-0.3, -0.25) is 14.4 Å². The minimum atomic E-state index is -0.776. The zero-order valence-electron chi connectivity index (χ0n) is 36.2. The number of rotatable bonds is 41. The van der Waals surface area contributed by atoms with Crippen molar-refractivity contribution in [2.75, 3.05) is 13.2 Å². The second-order valence-corrected chi connectivity index (χ2v) is 15.3. The Morgan fingerprint density at radius 3 is 1.11 bits per heavy atom. The van der Waals surface area contributed by atoms with E-state index in [4.69, 9.17) is 14.2 Å². The van der Waals surface area contributed by atoms with Crippen molar-refractivity contribution in [1.29, 1.82) is 0 Å². The van der Waals surface area contributed by atoms with E-state index in [0.717, 1.165) is 96.3 Å². The van der Waals surface area contributed by atoms with Crippen LogP contribution in [0.15, 0.2) is 48.6 Å². The summed E-state index contributed by atoms with van der Waals surface area (Å²) >= 11 is 0. The molecule has 1 atom stereocenters. The monoisotopic (exact) mass is 771 g/mol. The first kappa shape index (κ1) is 52.4. The first-order valence-corrected chi connectivity index (χ1v) is 23.1. The second-order valence-electron chi connectivity index (χ2n) is 15.3. The predicted molar refractivity (Wildman–Crippen MR) is 233 cm³/mol. The fourth-order valence-corrected chi connectivity index (χ4v) is 6.37. The summed E-state index contributed by atoms with van der Waals surface area (Å²) in [4.78, 5) is 37.7. The Kier molecular flexibility index (Phi) is 42.0. The van der Waals surface area contributed by atoms with Gasteiger partial charge in [-0.2, -0.15) is 0 Å². The first-order chi connectivity index (χ1) is 27.0. The van der Waals surface area contributed by atoms with E-state index in [2.05, 4.69) is 69.4 Å². The van der Waals surface area contributed by atoms with E-state index in [1.54, 1.807) is 0 Å². The van der Waals surface area contributed by atoms with E-state index in [9.17, 15) is 14.4 Å². The highest BCUT2D eigenvalue weighted by atomic mass is 16.6. The third-order valence-corrected chi connectivity index (χ3v) is 9.85. The van der Waals surface area contributed by atoms with Gasteiger partial charge in [-0.1, -0.05) is 198 Å². The van der Waals surface area contributed by atoms with Crippen LogP contribution in [-0.4, -0.2) is 37.2 Å². The summed E-state index contributed by atoms with van der Waals surface area (Å²) < 4.78 is 16.7. The van der Waals surface area contributed by atoms with Crippen LogP contribution < -0.4 is 0 Å². The quantitative estimate of drug-likeness (QED) is 0.0267. The van der Waals surface area contributed by atoms with Crippen molar-refractivity contribution in [3.8, 4) is 0 Å². The molecule has 0 aromatic heterocycles. The number of hydrogen-bond donors (Lipinski definition) is 0. The van der Waals surface area contributed by atoms with E-state index < -0.39 is 6.10 Å². The number of unbranched alkanes of at least 4 members (excludes halogenated alkanes) is 22. The minimum Gasteiger partial charge on any atom is -0.462 e. The lowest BCUT2D eigenvalue weighted by molar-refractivity contribution is -0.167.